The Morgan fingerprint density at radius 3 is 2.34 bits per heavy atom. The summed E-state index contributed by atoms with van der Waals surface area (Å²) in [6.07, 6.45) is -0.393. The highest BCUT2D eigenvalue weighted by atomic mass is 35.5. The maximum Gasteiger partial charge on any atom is 0.410 e. The number of halogens is 1. The van der Waals surface area contributed by atoms with Gasteiger partial charge in [-0.05, 0) is 75.5 Å². The van der Waals surface area contributed by atoms with Gasteiger partial charge in [-0.3, -0.25) is 9.59 Å². The van der Waals surface area contributed by atoms with Crippen molar-refractivity contribution in [3.63, 3.8) is 0 Å². The first-order valence-corrected chi connectivity index (χ1v) is 14.0. The van der Waals surface area contributed by atoms with Gasteiger partial charge in [0.05, 0.1) is 16.1 Å². The van der Waals surface area contributed by atoms with Crippen LogP contribution in [0, 0.1) is 5.92 Å². The second-order valence-electron chi connectivity index (χ2n) is 12.0. The molecule has 1 aromatic heterocycles. The Balaban J connectivity index is 1.61. The zero-order valence-corrected chi connectivity index (χ0v) is 24.7. The molecule has 0 bridgehead atoms. The van der Waals surface area contributed by atoms with Crippen molar-refractivity contribution in [2.45, 2.75) is 39.5 Å². The molecule has 1 aliphatic heterocycles. The quantitative estimate of drug-likeness (QED) is 0.331. The van der Waals surface area contributed by atoms with E-state index < -0.39 is 22.8 Å². The Hall–Kier alpha value is -3.82. The summed E-state index contributed by atoms with van der Waals surface area (Å²) in [4.78, 5) is 42.9. The predicted molar refractivity (Wildman–Crippen MR) is 162 cm³/mol. The van der Waals surface area contributed by atoms with E-state index in [1.165, 1.54) is 9.13 Å². The van der Waals surface area contributed by atoms with Crippen molar-refractivity contribution in [1.82, 2.24) is 18.9 Å². The third kappa shape index (κ3) is 5.83. The van der Waals surface area contributed by atoms with Gasteiger partial charge in [0.1, 0.15) is 11.4 Å². The number of phenolic OH excluding ortho intramolecular Hbond substituents is 1. The minimum Gasteiger partial charge on any atom is -0.508 e. The number of likely N-dealkylation sites (N-methyl/N-ethyl adjacent to an activating group) is 1. The number of likely N-dealkylation sites (tertiary alicyclic amines) is 1. The number of amides is 1. The van der Waals surface area contributed by atoms with Gasteiger partial charge >= 0.3 is 17.2 Å². The number of carbonyl (C=O) groups is 1. The van der Waals surface area contributed by atoms with Crippen molar-refractivity contribution < 1.29 is 14.6 Å². The number of nitrogens with zero attached hydrogens (tertiary/aromatic N) is 4. The van der Waals surface area contributed by atoms with Crippen molar-refractivity contribution in [1.29, 1.82) is 0 Å². The molecule has 9 nitrogen and oxygen atoms in total. The van der Waals surface area contributed by atoms with E-state index in [1.54, 1.807) is 23.1 Å². The number of aromatic hydroxyl groups is 1. The summed E-state index contributed by atoms with van der Waals surface area (Å²) in [6.45, 7) is 7.43. The minimum atomic E-state index is -0.626. The molecule has 10 heteroatoms. The number of hydrogen-bond donors (Lipinski definition) is 1. The Morgan fingerprint density at radius 1 is 1.00 bits per heavy atom. The molecule has 2 heterocycles. The van der Waals surface area contributed by atoms with Gasteiger partial charge in [0.15, 0.2) is 0 Å². The zero-order valence-electron chi connectivity index (χ0n) is 24.0. The van der Waals surface area contributed by atoms with Gasteiger partial charge in [0.25, 0.3) is 0 Å². The van der Waals surface area contributed by atoms with Gasteiger partial charge in [-0.25, -0.2) is 4.79 Å². The first-order valence-electron chi connectivity index (χ1n) is 13.6. The van der Waals surface area contributed by atoms with Crippen molar-refractivity contribution >= 4 is 39.5 Å². The molecule has 0 atom stereocenters. The summed E-state index contributed by atoms with van der Waals surface area (Å²) < 4.78 is 8.44. The molecule has 1 amide bonds. The molecule has 0 spiro atoms. The Labute approximate surface area is 243 Å². The number of ether oxygens (including phenoxy) is 1. The fourth-order valence-corrected chi connectivity index (χ4v) is 5.54. The number of aromatic nitrogens is 2. The average Bonchev–Trinajstić information content (AvgIpc) is 2.86. The van der Waals surface area contributed by atoms with Crippen LogP contribution in [0.25, 0.3) is 32.9 Å². The van der Waals surface area contributed by atoms with Crippen LogP contribution in [-0.2, 0) is 17.8 Å². The molecule has 41 heavy (non-hydrogen) atoms. The molecule has 0 saturated carbocycles. The molecular formula is C31H35ClN4O5. The van der Waals surface area contributed by atoms with E-state index in [1.807, 2.05) is 70.1 Å². The number of fused-ring (bicyclic) bond motifs is 2. The number of carbonyl (C=O) groups excluding carboxylic acids is 1. The van der Waals surface area contributed by atoms with Crippen LogP contribution in [-0.4, -0.2) is 69.5 Å². The van der Waals surface area contributed by atoms with Gasteiger partial charge in [0, 0.05) is 44.2 Å². The molecule has 216 valence electrons. The average molecular weight is 579 g/mol. The molecule has 1 aliphatic rings. The topological polar surface area (TPSA) is 97.0 Å². The molecule has 0 radical (unpaired) electrons. The Kier molecular flexibility index (Phi) is 7.61. The Bertz CT molecular complexity index is 1760. The van der Waals surface area contributed by atoms with E-state index in [-0.39, 0.29) is 18.2 Å². The predicted octanol–water partition coefficient (Wildman–Crippen LogP) is 4.77. The van der Waals surface area contributed by atoms with Gasteiger partial charge in [0.2, 0.25) is 0 Å². The van der Waals surface area contributed by atoms with E-state index in [9.17, 15) is 19.5 Å². The number of benzene rings is 3. The normalized spacial score (nSPS) is 14.2. The van der Waals surface area contributed by atoms with Gasteiger partial charge in [-0.2, -0.15) is 0 Å². The molecule has 4 aromatic rings. The summed E-state index contributed by atoms with van der Waals surface area (Å²) in [5.74, 6) is 0.0817. The van der Waals surface area contributed by atoms with Crippen LogP contribution in [0.15, 0.2) is 58.1 Å². The van der Waals surface area contributed by atoms with Crippen molar-refractivity contribution in [2.24, 2.45) is 5.92 Å². The van der Waals surface area contributed by atoms with E-state index in [4.69, 9.17) is 16.3 Å². The highest BCUT2D eigenvalue weighted by molar-refractivity contribution is 6.34. The SMILES string of the molecule is CN(C)CCn1c(=O)c(=O)n(CC2CN(C(=O)OC(C)(C)C)C2)c2cc(Cl)c(-c3cc(O)cc4ccccc34)cc21. The second-order valence-corrected chi connectivity index (χ2v) is 12.4. The minimum absolute atomic E-state index is 0.0195. The second kappa shape index (κ2) is 10.9. The van der Waals surface area contributed by atoms with Crippen LogP contribution in [0.2, 0.25) is 5.02 Å². The molecule has 1 fully saturated rings. The van der Waals surface area contributed by atoms with Crippen LogP contribution in [0.3, 0.4) is 0 Å². The van der Waals surface area contributed by atoms with E-state index in [2.05, 4.69) is 0 Å². The summed E-state index contributed by atoms with van der Waals surface area (Å²) in [6, 6.07) is 14.6. The smallest absolute Gasteiger partial charge is 0.410 e. The van der Waals surface area contributed by atoms with Crippen LogP contribution in [0.1, 0.15) is 20.8 Å². The lowest BCUT2D eigenvalue weighted by molar-refractivity contribution is -0.00331. The molecule has 3 aromatic carbocycles. The van der Waals surface area contributed by atoms with Crippen LogP contribution in [0.5, 0.6) is 5.75 Å². The van der Waals surface area contributed by atoms with E-state index in [0.29, 0.717) is 47.8 Å². The summed E-state index contributed by atoms with van der Waals surface area (Å²) >= 11 is 6.88. The van der Waals surface area contributed by atoms with Gasteiger partial charge < -0.3 is 28.8 Å². The number of rotatable bonds is 6. The molecular weight excluding hydrogens is 544 g/mol. The fourth-order valence-electron chi connectivity index (χ4n) is 5.28. The summed E-state index contributed by atoms with van der Waals surface area (Å²) in [5.41, 5.74) is 0.657. The molecule has 1 N–H and O–H groups in total. The van der Waals surface area contributed by atoms with Gasteiger partial charge in [-0.15, -0.1) is 0 Å². The van der Waals surface area contributed by atoms with Crippen LogP contribution >= 0.6 is 11.6 Å². The lowest BCUT2D eigenvalue weighted by atomic mass is 9.97. The maximum absolute atomic E-state index is 13.5. The van der Waals surface area contributed by atoms with Gasteiger partial charge in [-0.1, -0.05) is 35.9 Å². The molecule has 0 aliphatic carbocycles. The summed E-state index contributed by atoms with van der Waals surface area (Å²) in [5, 5.41) is 12.6. The maximum atomic E-state index is 13.5. The molecule has 5 rings (SSSR count). The van der Waals surface area contributed by atoms with E-state index in [0.717, 1.165) is 16.3 Å². The van der Waals surface area contributed by atoms with Crippen LogP contribution in [0.4, 0.5) is 4.79 Å². The molecule has 0 unspecified atom stereocenters. The highest BCUT2D eigenvalue weighted by Crippen LogP contribution is 2.38. The molecule has 1 saturated heterocycles. The monoisotopic (exact) mass is 578 g/mol. The largest absolute Gasteiger partial charge is 0.508 e. The lowest BCUT2D eigenvalue weighted by Gasteiger charge is -2.40. The van der Waals surface area contributed by atoms with Crippen molar-refractivity contribution in [2.75, 3.05) is 33.7 Å². The number of phenols is 1. The third-order valence-electron chi connectivity index (χ3n) is 7.28. The van der Waals surface area contributed by atoms with E-state index >= 15 is 0 Å². The first-order chi connectivity index (χ1) is 19.3. The fraction of sp³-hybridized carbons (Fsp3) is 0.387. The summed E-state index contributed by atoms with van der Waals surface area (Å²) in [7, 11) is 3.81. The highest BCUT2D eigenvalue weighted by Gasteiger charge is 2.34. The van der Waals surface area contributed by atoms with Crippen LogP contribution < -0.4 is 11.1 Å². The Morgan fingerprint density at radius 2 is 1.66 bits per heavy atom. The third-order valence-corrected chi connectivity index (χ3v) is 7.59. The lowest BCUT2D eigenvalue weighted by Crippen LogP contribution is -2.54. The van der Waals surface area contributed by atoms with Crippen molar-refractivity contribution in [3.8, 4) is 16.9 Å². The first kappa shape index (κ1) is 28.7. The number of hydrogen-bond acceptors (Lipinski definition) is 6. The zero-order chi connectivity index (χ0) is 29.6. The van der Waals surface area contributed by atoms with Crippen molar-refractivity contribution in [3.05, 3.63) is 74.3 Å². The standard InChI is InChI=1S/C31H35ClN4O5/c1-31(2,3)41-30(40)34-16-19(17-34)18-36-27-15-25(32)24(23-13-21(37)12-20-8-6-7-9-22(20)23)14-26(27)35(11-10-33(4)5)28(38)29(36)39/h6-9,12-15,19,37H,10-11,16-18H2,1-5H3.